The van der Waals surface area contributed by atoms with Crippen molar-refractivity contribution in [3.63, 3.8) is 0 Å². The van der Waals surface area contributed by atoms with Crippen LogP contribution in [0.15, 0.2) is 41.5 Å². The topological polar surface area (TPSA) is 66.1 Å². The van der Waals surface area contributed by atoms with Crippen molar-refractivity contribution in [1.29, 1.82) is 0 Å². The van der Waals surface area contributed by atoms with Crippen molar-refractivity contribution in [2.45, 2.75) is 13.1 Å². The fourth-order valence-corrected chi connectivity index (χ4v) is 2.10. The first-order valence-corrected chi connectivity index (χ1v) is 5.65. The molecule has 0 saturated carbocycles. The van der Waals surface area contributed by atoms with Gasteiger partial charge in [-0.15, -0.1) is 0 Å². The van der Waals surface area contributed by atoms with Gasteiger partial charge in [-0.25, -0.2) is 0 Å². The smallest absolute Gasteiger partial charge is 0.254 e. The minimum Gasteiger partial charge on any atom is -0.329 e. The standard InChI is InChI=1S/C13H11N3O2/c17-12-6-9(3-5-15-12)13(18)16-7-10-2-1-4-14-11(10)8-16/h1-6H,7-8H2,(H,15,17). The third kappa shape index (κ3) is 1.79. The van der Waals surface area contributed by atoms with E-state index in [9.17, 15) is 9.59 Å². The molecule has 18 heavy (non-hydrogen) atoms. The van der Waals surface area contributed by atoms with Crippen LogP contribution in [0.5, 0.6) is 0 Å². The van der Waals surface area contributed by atoms with Gasteiger partial charge in [-0.1, -0.05) is 6.07 Å². The van der Waals surface area contributed by atoms with Gasteiger partial charge in [-0.3, -0.25) is 14.6 Å². The van der Waals surface area contributed by atoms with Gasteiger partial charge in [0.15, 0.2) is 0 Å². The molecule has 0 unspecified atom stereocenters. The zero-order valence-electron chi connectivity index (χ0n) is 9.59. The summed E-state index contributed by atoms with van der Waals surface area (Å²) in [6.07, 6.45) is 3.21. The highest BCUT2D eigenvalue weighted by atomic mass is 16.2. The minimum atomic E-state index is -0.268. The van der Waals surface area contributed by atoms with Gasteiger partial charge in [0.1, 0.15) is 0 Å². The van der Waals surface area contributed by atoms with Crippen LogP contribution in [0.4, 0.5) is 0 Å². The monoisotopic (exact) mass is 241 g/mol. The molecule has 1 aliphatic rings. The molecule has 0 atom stereocenters. The molecule has 0 fully saturated rings. The first-order valence-electron chi connectivity index (χ1n) is 5.65. The van der Waals surface area contributed by atoms with Crippen LogP contribution >= 0.6 is 0 Å². The second-order valence-electron chi connectivity index (χ2n) is 4.21. The van der Waals surface area contributed by atoms with E-state index in [1.54, 1.807) is 17.2 Å². The van der Waals surface area contributed by atoms with E-state index in [0.29, 0.717) is 18.7 Å². The van der Waals surface area contributed by atoms with Gasteiger partial charge in [0.05, 0.1) is 12.2 Å². The Bertz CT molecular complexity index is 638. The van der Waals surface area contributed by atoms with Gasteiger partial charge in [-0.2, -0.15) is 0 Å². The maximum Gasteiger partial charge on any atom is 0.254 e. The van der Waals surface area contributed by atoms with Crippen LogP contribution in [0.1, 0.15) is 21.6 Å². The SMILES string of the molecule is O=C(c1cc[nH]c(=O)c1)N1Cc2cccnc2C1. The Balaban J connectivity index is 1.87. The third-order valence-electron chi connectivity index (χ3n) is 3.00. The summed E-state index contributed by atoms with van der Waals surface area (Å²) in [4.78, 5) is 31.8. The highest BCUT2D eigenvalue weighted by Gasteiger charge is 2.24. The Morgan fingerprint density at radius 2 is 2.22 bits per heavy atom. The summed E-state index contributed by atoms with van der Waals surface area (Å²) in [5.74, 6) is -0.140. The van der Waals surface area contributed by atoms with E-state index >= 15 is 0 Å². The van der Waals surface area contributed by atoms with Gasteiger partial charge in [0, 0.05) is 30.6 Å². The van der Waals surface area contributed by atoms with Gasteiger partial charge in [0.25, 0.3) is 5.91 Å². The van der Waals surface area contributed by atoms with E-state index in [0.717, 1.165) is 11.3 Å². The van der Waals surface area contributed by atoms with Crippen LogP contribution in [-0.2, 0) is 13.1 Å². The predicted molar refractivity (Wildman–Crippen MR) is 64.9 cm³/mol. The number of carbonyl (C=O) groups is 1. The molecule has 90 valence electrons. The molecular formula is C13H11N3O2. The second-order valence-corrected chi connectivity index (χ2v) is 4.21. The average molecular weight is 241 g/mol. The lowest BCUT2D eigenvalue weighted by Gasteiger charge is -2.14. The highest BCUT2D eigenvalue weighted by Crippen LogP contribution is 2.21. The van der Waals surface area contributed by atoms with Gasteiger partial charge >= 0.3 is 0 Å². The summed E-state index contributed by atoms with van der Waals surface area (Å²) < 4.78 is 0. The number of amides is 1. The molecule has 5 heteroatoms. The maximum absolute atomic E-state index is 12.2. The number of hydrogen-bond acceptors (Lipinski definition) is 3. The number of aromatic amines is 1. The molecule has 0 saturated heterocycles. The molecule has 5 nitrogen and oxygen atoms in total. The lowest BCUT2D eigenvalue weighted by atomic mass is 10.2. The summed E-state index contributed by atoms with van der Waals surface area (Å²) >= 11 is 0. The Kier molecular flexibility index (Phi) is 2.44. The maximum atomic E-state index is 12.2. The van der Waals surface area contributed by atoms with E-state index < -0.39 is 0 Å². The lowest BCUT2D eigenvalue weighted by molar-refractivity contribution is 0.0750. The fourth-order valence-electron chi connectivity index (χ4n) is 2.10. The molecule has 0 spiro atoms. The predicted octanol–water partition coefficient (Wildman–Crippen LogP) is 0.926. The summed E-state index contributed by atoms with van der Waals surface area (Å²) in [6, 6.07) is 6.76. The average Bonchev–Trinajstić information content (AvgIpc) is 2.81. The number of aromatic nitrogens is 2. The number of pyridine rings is 2. The molecule has 3 rings (SSSR count). The number of carbonyl (C=O) groups excluding carboxylic acids is 1. The van der Waals surface area contributed by atoms with E-state index in [2.05, 4.69) is 9.97 Å². The molecule has 1 N–H and O–H groups in total. The van der Waals surface area contributed by atoms with Crippen molar-refractivity contribution in [2.75, 3.05) is 0 Å². The number of nitrogens with zero attached hydrogens (tertiary/aromatic N) is 2. The van der Waals surface area contributed by atoms with Crippen LogP contribution < -0.4 is 5.56 Å². The van der Waals surface area contributed by atoms with Gasteiger partial charge in [-0.05, 0) is 17.7 Å². The van der Waals surface area contributed by atoms with E-state index in [1.165, 1.54) is 12.3 Å². The van der Waals surface area contributed by atoms with Crippen molar-refractivity contribution in [2.24, 2.45) is 0 Å². The van der Waals surface area contributed by atoms with E-state index in [1.807, 2.05) is 12.1 Å². The normalized spacial score (nSPS) is 13.4. The van der Waals surface area contributed by atoms with Crippen LogP contribution in [-0.4, -0.2) is 20.8 Å². The molecule has 0 aliphatic carbocycles. The Hall–Kier alpha value is -2.43. The molecule has 0 aromatic carbocycles. The summed E-state index contributed by atoms with van der Waals surface area (Å²) in [5.41, 5.74) is 2.13. The highest BCUT2D eigenvalue weighted by molar-refractivity contribution is 5.94. The van der Waals surface area contributed by atoms with Crippen molar-refractivity contribution in [1.82, 2.24) is 14.9 Å². The number of fused-ring (bicyclic) bond motifs is 1. The minimum absolute atomic E-state index is 0.140. The molecule has 2 aromatic heterocycles. The Labute approximate surface area is 103 Å². The third-order valence-corrected chi connectivity index (χ3v) is 3.00. The molecule has 1 aliphatic heterocycles. The van der Waals surface area contributed by atoms with Crippen molar-refractivity contribution in [3.05, 3.63) is 63.8 Å². The van der Waals surface area contributed by atoms with Crippen molar-refractivity contribution < 1.29 is 4.79 Å². The van der Waals surface area contributed by atoms with Crippen LogP contribution in [0, 0.1) is 0 Å². The number of nitrogens with one attached hydrogen (secondary N) is 1. The van der Waals surface area contributed by atoms with E-state index in [-0.39, 0.29) is 11.5 Å². The quantitative estimate of drug-likeness (QED) is 0.807. The van der Waals surface area contributed by atoms with Crippen molar-refractivity contribution >= 4 is 5.91 Å². The van der Waals surface area contributed by atoms with Gasteiger partial charge in [0.2, 0.25) is 5.56 Å². The second kappa shape index (κ2) is 4.10. The molecule has 3 heterocycles. The molecule has 2 aromatic rings. The van der Waals surface area contributed by atoms with E-state index in [4.69, 9.17) is 0 Å². The van der Waals surface area contributed by atoms with Crippen LogP contribution in [0.25, 0.3) is 0 Å². The number of H-pyrrole nitrogens is 1. The molecule has 1 amide bonds. The zero-order valence-corrected chi connectivity index (χ0v) is 9.59. The Morgan fingerprint density at radius 1 is 1.33 bits per heavy atom. The zero-order chi connectivity index (χ0) is 12.5. The fraction of sp³-hybridized carbons (Fsp3) is 0.154. The Morgan fingerprint density at radius 3 is 3.00 bits per heavy atom. The van der Waals surface area contributed by atoms with Gasteiger partial charge < -0.3 is 9.88 Å². The summed E-state index contributed by atoms with van der Waals surface area (Å²) in [5, 5.41) is 0. The molecular weight excluding hydrogens is 230 g/mol. The van der Waals surface area contributed by atoms with Crippen LogP contribution in [0.3, 0.4) is 0 Å². The summed E-state index contributed by atoms with van der Waals surface area (Å²) in [7, 11) is 0. The van der Waals surface area contributed by atoms with Crippen LogP contribution in [0.2, 0.25) is 0 Å². The lowest BCUT2D eigenvalue weighted by Crippen LogP contribution is -2.26. The molecule has 0 bridgehead atoms. The first kappa shape index (κ1) is 10.7. The first-order chi connectivity index (χ1) is 8.74. The van der Waals surface area contributed by atoms with Crippen molar-refractivity contribution in [3.8, 4) is 0 Å². The molecule has 0 radical (unpaired) electrons. The number of hydrogen-bond donors (Lipinski definition) is 1. The largest absolute Gasteiger partial charge is 0.329 e. The summed E-state index contributed by atoms with van der Waals surface area (Å²) in [6.45, 7) is 1.05. The number of rotatable bonds is 1.